The Bertz CT molecular complexity index is 946. The molecule has 9 heteroatoms. The summed E-state index contributed by atoms with van der Waals surface area (Å²) in [6.07, 6.45) is 2.66. The molecule has 0 saturated carbocycles. The standard InChI is InChI=1S/C17H21NO5S3/c1-25(19,20)16-7-2-8-17(11-16)26(21,22)18(12-14-5-3-9-23-14)13-15-6-4-10-24-15/h2,4,6-8,10-11,14H,3,5,9,12-13H2,1H3. The van der Waals surface area contributed by atoms with Crippen molar-refractivity contribution in [1.82, 2.24) is 4.31 Å². The fourth-order valence-corrected chi connectivity index (χ4v) is 5.89. The summed E-state index contributed by atoms with van der Waals surface area (Å²) in [5.41, 5.74) is 0. The molecule has 2 heterocycles. The molecule has 1 unspecified atom stereocenters. The Hall–Kier alpha value is -1.26. The van der Waals surface area contributed by atoms with Gasteiger partial charge in [-0.05, 0) is 42.5 Å². The van der Waals surface area contributed by atoms with E-state index in [4.69, 9.17) is 4.74 Å². The third-order valence-corrected chi connectivity index (χ3v) is 7.99. The smallest absolute Gasteiger partial charge is 0.243 e. The predicted octanol–water partition coefficient (Wildman–Crippen LogP) is 2.52. The molecule has 2 aromatic rings. The van der Waals surface area contributed by atoms with Gasteiger partial charge in [0.05, 0.1) is 15.9 Å². The van der Waals surface area contributed by atoms with Crippen LogP contribution < -0.4 is 0 Å². The van der Waals surface area contributed by atoms with Crippen molar-refractivity contribution in [3.63, 3.8) is 0 Å². The zero-order valence-electron chi connectivity index (χ0n) is 14.4. The van der Waals surface area contributed by atoms with Gasteiger partial charge in [0.25, 0.3) is 0 Å². The lowest BCUT2D eigenvalue weighted by Gasteiger charge is -2.24. The molecule has 1 aliphatic rings. The van der Waals surface area contributed by atoms with E-state index in [1.807, 2.05) is 17.5 Å². The highest BCUT2D eigenvalue weighted by Gasteiger charge is 2.30. The van der Waals surface area contributed by atoms with Crippen molar-refractivity contribution in [1.29, 1.82) is 0 Å². The second kappa shape index (κ2) is 7.77. The van der Waals surface area contributed by atoms with Crippen LogP contribution >= 0.6 is 11.3 Å². The molecule has 1 saturated heterocycles. The van der Waals surface area contributed by atoms with Gasteiger partial charge in [-0.15, -0.1) is 11.3 Å². The first kappa shape index (κ1) is 19.5. The van der Waals surface area contributed by atoms with E-state index in [9.17, 15) is 16.8 Å². The number of nitrogens with zero attached hydrogens (tertiary/aromatic N) is 1. The summed E-state index contributed by atoms with van der Waals surface area (Å²) in [5.74, 6) is 0. The van der Waals surface area contributed by atoms with Gasteiger partial charge >= 0.3 is 0 Å². The van der Waals surface area contributed by atoms with Crippen molar-refractivity contribution >= 4 is 31.2 Å². The molecule has 1 aliphatic heterocycles. The minimum absolute atomic E-state index is 0.00763. The second-order valence-electron chi connectivity index (χ2n) is 6.26. The van der Waals surface area contributed by atoms with Crippen LogP contribution in [0.1, 0.15) is 17.7 Å². The van der Waals surface area contributed by atoms with E-state index in [1.54, 1.807) is 0 Å². The van der Waals surface area contributed by atoms with Crippen LogP contribution in [0, 0.1) is 0 Å². The summed E-state index contributed by atoms with van der Waals surface area (Å²) in [6.45, 7) is 1.13. The number of hydrogen-bond donors (Lipinski definition) is 0. The third-order valence-electron chi connectivity index (χ3n) is 4.21. The van der Waals surface area contributed by atoms with Gasteiger partial charge in [0.15, 0.2) is 9.84 Å². The van der Waals surface area contributed by atoms with E-state index in [0.717, 1.165) is 24.0 Å². The number of sulfonamides is 1. The number of sulfone groups is 1. The predicted molar refractivity (Wildman–Crippen MR) is 100 cm³/mol. The Kier molecular flexibility index (Phi) is 5.83. The Morgan fingerprint density at radius 3 is 2.54 bits per heavy atom. The third kappa shape index (κ3) is 4.52. The zero-order valence-corrected chi connectivity index (χ0v) is 16.8. The average Bonchev–Trinajstić information content (AvgIpc) is 3.27. The Morgan fingerprint density at radius 2 is 1.92 bits per heavy atom. The maximum absolute atomic E-state index is 13.2. The Labute approximate surface area is 158 Å². The van der Waals surface area contributed by atoms with Crippen LogP contribution in [-0.2, 0) is 31.1 Å². The molecule has 0 spiro atoms. The molecule has 1 aromatic heterocycles. The Morgan fingerprint density at radius 1 is 1.15 bits per heavy atom. The van der Waals surface area contributed by atoms with Gasteiger partial charge in [0.2, 0.25) is 10.0 Å². The van der Waals surface area contributed by atoms with Gasteiger partial charge in [-0.25, -0.2) is 16.8 Å². The maximum Gasteiger partial charge on any atom is 0.243 e. The highest BCUT2D eigenvalue weighted by molar-refractivity contribution is 7.91. The van der Waals surface area contributed by atoms with Crippen molar-refractivity contribution in [3.05, 3.63) is 46.7 Å². The molecule has 26 heavy (non-hydrogen) atoms. The number of rotatable bonds is 7. The van der Waals surface area contributed by atoms with Crippen LogP contribution in [0.15, 0.2) is 51.6 Å². The van der Waals surface area contributed by atoms with Gasteiger partial charge in [-0.3, -0.25) is 0 Å². The maximum atomic E-state index is 13.2. The number of benzene rings is 1. The number of ether oxygens (including phenoxy) is 1. The first-order valence-corrected chi connectivity index (χ1v) is 12.4. The minimum atomic E-state index is -3.85. The van der Waals surface area contributed by atoms with Gasteiger partial charge in [0.1, 0.15) is 0 Å². The second-order valence-corrected chi connectivity index (χ2v) is 11.2. The fourth-order valence-electron chi connectivity index (χ4n) is 2.85. The molecular weight excluding hydrogens is 394 g/mol. The van der Waals surface area contributed by atoms with Crippen molar-refractivity contribution in [2.45, 2.75) is 35.3 Å². The van der Waals surface area contributed by atoms with E-state index < -0.39 is 19.9 Å². The summed E-state index contributed by atoms with van der Waals surface area (Å²) >= 11 is 1.49. The van der Waals surface area contributed by atoms with Crippen molar-refractivity contribution in [3.8, 4) is 0 Å². The zero-order chi connectivity index (χ0) is 18.8. The molecule has 0 aliphatic carbocycles. The van der Waals surface area contributed by atoms with Crippen LogP contribution in [0.4, 0.5) is 0 Å². The summed E-state index contributed by atoms with van der Waals surface area (Å²) in [7, 11) is -7.34. The van der Waals surface area contributed by atoms with E-state index in [2.05, 4.69) is 0 Å². The van der Waals surface area contributed by atoms with Crippen molar-refractivity contribution in [2.75, 3.05) is 19.4 Å². The topological polar surface area (TPSA) is 80.8 Å². The molecule has 6 nitrogen and oxygen atoms in total. The molecule has 0 radical (unpaired) electrons. The lowest BCUT2D eigenvalue weighted by Crippen LogP contribution is -2.36. The van der Waals surface area contributed by atoms with Gasteiger partial charge in [-0.1, -0.05) is 12.1 Å². The lowest BCUT2D eigenvalue weighted by molar-refractivity contribution is 0.0927. The molecular formula is C17H21NO5S3. The summed E-state index contributed by atoms with van der Waals surface area (Å²) in [6, 6.07) is 9.27. The lowest BCUT2D eigenvalue weighted by atomic mass is 10.2. The highest BCUT2D eigenvalue weighted by Crippen LogP contribution is 2.25. The molecule has 0 amide bonds. The van der Waals surface area contributed by atoms with Gasteiger partial charge in [-0.2, -0.15) is 4.31 Å². The number of hydrogen-bond acceptors (Lipinski definition) is 6. The van der Waals surface area contributed by atoms with Crippen molar-refractivity contribution < 1.29 is 21.6 Å². The first-order chi connectivity index (χ1) is 12.3. The van der Waals surface area contributed by atoms with Crippen LogP contribution in [0.3, 0.4) is 0 Å². The molecule has 1 fully saturated rings. The SMILES string of the molecule is CS(=O)(=O)c1cccc(S(=O)(=O)N(Cc2cccs2)CC2CCCO2)c1. The molecule has 0 bridgehead atoms. The molecule has 142 valence electrons. The normalized spacial score (nSPS) is 18.5. The van der Waals surface area contributed by atoms with E-state index in [1.165, 1.54) is 39.9 Å². The molecule has 0 N–H and O–H groups in total. The molecule has 1 aromatic carbocycles. The summed E-state index contributed by atoms with van der Waals surface area (Å²) in [5, 5.41) is 1.90. The first-order valence-electron chi connectivity index (χ1n) is 8.21. The number of thiophene rings is 1. The van der Waals surface area contributed by atoms with Crippen LogP contribution in [0.2, 0.25) is 0 Å². The quantitative estimate of drug-likeness (QED) is 0.694. The van der Waals surface area contributed by atoms with Crippen LogP contribution in [0.25, 0.3) is 0 Å². The minimum Gasteiger partial charge on any atom is -0.377 e. The largest absolute Gasteiger partial charge is 0.377 e. The van der Waals surface area contributed by atoms with Crippen LogP contribution in [-0.4, -0.2) is 46.7 Å². The Balaban J connectivity index is 1.95. The fraction of sp³-hybridized carbons (Fsp3) is 0.412. The van der Waals surface area contributed by atoms with E-state index >= 15 is 0 Å². The molecule has 3 rings (SSSR count). The highest BCUT2D eigenvalue weighted by atomic mass is 32.2. The summed E-state index contributed by atoms with van der Waals surface area (Å²) < 4.78 is 57.0. The van der Waals surface area contributed by atoms with Crippen LogP contribution in [0.5, 0.6) is 0 Å². The van der Waals surface area contributed by atoms with E-state index in [0.29, 0.717) is 6.61 Å². The van der Waals surface area contributed by atoms with E-state index in [-0.39, 0.29) is 29.0 Å². The monoisotopic (exact) mass is 415 g/mol. The van der Waals surface area contributed by atoms with Crippen molar-refractivity contribution in [2.24, 2.45) is 0 Å². The molecule has 1 atom stereocenters. The summed E-state index contributed by atoms with van der Waals surface area (Å²) in [4.78, 5) is 0.896. The van der Waals surface area contributed by atoms with Gasteiger partial charge in [0, 0.05) is 30.8 Å². The van der Waals surface area contributed by atoms with Gasteiger partial charge < -0.3 is 4.74 Å². The average molecular weight is 416 g/mol.